The fourth-order valence-corrected chi connectivity index (χ4v) is 1.89. The molecular formula is C12H13NO. The van der Waals surface area contributed by atoms with Crippen LogP contribution in [0.3, 0.4) is 0 Å². The van der Waals surface area contributed by atoms with Gasteiger partial charge in [-0.3, -0.25) is 0 Å². The molecule has 2 nitrogen and oxygen atoms in total. The first-order valence-electron chi connectivity index (χ1n) is 4.84. The first-order valence-corrected chi connectivity index (χ1v) is 4.84. The molecule has 2 rings (SSSR count). The molecule has 1 aromatic rings. The second-order valence-corrected chi connectivity index (χ2v) is 4.01. The largest absolute Gasteiger partial charge is 0.392 e. The first kappa shape index (κ1) is 9.23. The highest BCUT2D eigenvalue weighted by atomic mass is 16.3. The molecule has 0 aromatic heterocycles. The maximum Gasteiger partial charge on any atom is 0.0827 e. The molecule has 1 fully saturated rings. The van der Waals surface area contributed by atoms with Crippen molar-refractivity contribution in [2.75, 3.05) is 0 Å². The lowest BCUT2D eigenvalue weighted by molar-refractivity contribution is 0.280. The van der Waals surface area contributed by atoms with Crippen molar-refractivity contribution >= 4 is 0 Å². The van der Waals surface area contributed by atoms with Gasteiger partial charge in [-0.25, -0.2) is 0 Å². The van der Waals surface area contributed by atoms with Gasteiger partial charge in [0.1, 0.15) is 0 Å². The van der Waals surface area contributed by atoms with Crippen LogP contribution in [0.4, 0.5) is 0 Å². The molecule has 72 valence electrons. The third kappa shape index (κ3) is 1.30. The van der Waals surface area contributed by atoms with Crippen LogP contribution in [0.25, 0.3) is 0 Å². The Kier molecular flexibility index (Phi) is 2.05. The molecule has 2 heteroatoms. The molecule has 0 amide bonds. The topological polar surface area (TPSA) is 44.0 Å². The molecule has 0 radical (unpaired) electrons. The van der Waals surface area contributed by atoms with Gasteiger partial charge in [-0.2, -0.15) is 5.26 Å². The highest BCUT2D eigenvalue weighted by Crippen LogP contribution is 2.48. The van der Waals surface area contributed by atoms with Crippen LogP contribution in [-0.2, 0) is 12.0 Å². The Hall–Kier alpha value is -1.33. The number of nitriles is 1. The van der Waals surface area contributed by atoms with Gasteiger partial charge in [0.2, 0.25) is 0 Å². The average molecular weight is 187 g/mol. The minimum atomic E-state index is -0.286. The Morgan fingerprint density at radius 1 is 1.50 bits per heavy atom. The van der Waals surface area contributed by atoms with E-state index in [1.165, 1.54) is 0 Å². The van der Waals surface area contributed by atoms with Crippen molar-refractivity contribution in [2.45, 2.75) is 31.8 Å². The smallest absolute Gasteiger partial charge is 0.0827 e. The van der Waals surface area contributed by atoms with Crippen molar-refractivity contribution in [2.24, 2.45) is 0 Å². The molecule has 0 saturated heterocycles. The number of aryl methyl sites for hydroxylation is 1. The standard InChI is InChI=1S/C12H13NO/c1-9-2-3-11(10(6-9)7-14)12(8-13)4-5-12/h2-3,6,14H,4-5,7H2,1H3. The van der Waals surface area contributed by atoms with Gasteiger partial charge in [-0.1, -0.05) is 23.8 Å². The van der Waals surface area contributed by atoms with Crippen LogP contribution in [0.1, 0.15) is 29.5 Å². The summed E-state index contributed by atoms with van der Waals surface area (Å²) in [4.78, 5) is 0. The quantitative estimate of drug-likeness (QED) is 0.770. The lowest BCUT2D eigenvalue weighted by Gasteiger charge is -2.12. The van der Waals surface area contributed by atoms with E-state index in [4.69, 9.17) is 5.26 Å². The summed E-state index contributed by atoms with van der Waals surface area (Å²) in [5.41, 5.74) is 2.77. The second-order valence-electron chi connectivity index (χ2n) is 4.01. The number of nitrogens with zero attached hydrogens (tertiary/aromatic N) is 1. The van der Waals surface area contributed by atoms with Crippen LogP contribution in [0, 0.1) is 18.3 Å². The predicted octanol–water partition coefficient (Wildman–Crippen LogP) is 2.04. The molecule has 0 aliphatic heterocycles. The lowest BCUT2D eigenvalue weighted by atomic mass is 9.92. The molecule has 0 atom stereocenters. The van der Waals surface area contributed by atoms with E-state index in [9.17, 15) is 5.11 Å². The third-order valence-electron chi connectivity index (χ3n) is 2.91. The van der Waals surface area contributed by atoms with E-state index in [0.29, 0.717) is 0 Å². The summed E-state index contributed by atoms with van der Waals surface area (Å²) < 4.78 is 0. The van der Waals surface area contributed by atoms with Crippen molar-refractivity contribution in [3.05, 3.63) is 34.9 Å². The molecule has 0 heterocycles. The van der Waals surface area contributed by atoms with Crippen LogP contribution in [0.15, 0.2) is 18.2 Å². The molecule has 0 bridgehead atoms. The molecule has 14 heavy (non-hydrogen) atoms. The highest BCUT2D eigenvalue weighted by molar-refractivity contribution is 5.45. The number of benzene rings is 1. The average Bonchev–Trinajstić information content (AvgIpc) is 2.98. The molecule has 0 unspecified atom stereocenters. The highest BCUT2D eigenvalue weighted by Gasteiger charge is 2.45. The summed E-state index contributed by atoms with van der Waals surface area (Å²) in [5.74, 6) is 0. The van der Waals surface area contributed by atoms with Crippen molar-refractivity contribution in [1.29, 1.82) is 5.26 Å². The number of hydrogen-bond acceptors (Lipinski definition) is 2. The van der Waals surface area contributed by atoms with Gasteiger partial charge in [0.15, 0.2) is 0 Å². The van der Waals surface area contributed by atoms with E-state index >= 15 is 0 Å². The summed E-state index contributed by atoms with van der Waals surface area (Å²) in [6.45, 7) is 2.02. The van der Waals surface area contributed by atoms with E-state index in [1.54, 1.807) is 0 Å². The van der Waals surface area contributed by atoms with Crippen LogP contribution < -0.4 is 0 Å². The van der Waals surface area contributed by atoms with Gasteiger partial charge in [0, 0.05) is 0 Å². The zero-order chi connectivity index (χ0) is 10.2. The van der Waals surface area contributed by atoms with Gasteiger partial charge in [-0.15, -0.1) is 0 Å². The zero-order valence-corrected chi connectivity index (χ0v) is 8.25. The molecular weight excluding hydrogens is 174 g/mol. The summed E-state index contributed by atoms with van der Waals surface area (Å²) in [5, 5.41) is 18.3. The number of hydrogen-bond donors (Lipinski definition) is 1. The molecule has 1 N–H and O–H groups in total. The third-order valence-corrected chi connectivity index (χ3v) is 2.91. The molecule has 1 aliphatic rings. The minimum absolute atomic E-state index is 0.0282. The van der Waals surface area contributed by atoms with E-state index < -0.39 is 0 Å². The second kappa shape index (κ2) is 3.11. The maximum absolute atomic E-state index is 9.22. The number of aliphatic hydroxyl groups is 1. The van der Waals surface area contributed by atoms with Crippen molar-refractivity contribution < 1.29 is 5.11 Å². The minimum Gasteiger partial charge on any atom is -0.392 e. The number of rotatable bonds is 2. The normalized spacial score (nSPS) is 17.5. The molecule has 1 aromatic carbocycles. The van der Waals surface area contributed by atoms with Crippen molar-refractivity contribution in [3.63, 3.8) is 0 Å². The summed E-state index contributed by atoms with van der Waals surface area (Å²) in [6.07, 6.45) is 1.86. The van der Waals surface area contributed by atoms with Crippen molar-refractivity contribution in [1.82, 2.24) is 0 Å². The molecule has 1 aliphatic carbocycles. The van der Waals surface area contributed by atoms with Gasteiger partial charge >= 0.3 is 0 Å². The summed E-state index contributed by atoms with van der Waals surface area (Å²) >= 11 is 0. The van der Waals surface area contributed by atoms with E-state index in [0.717, 1.165) is 29.5 Å². The predicted molar refractivity (Wildman–Crippen MR) is 53.6 cm³/mol. The van der Waals surface area contributed by atoms with Crippen LogP contribution in [0.2, 0.25) is 0 Å². The zero-order valence-electron chi connectivity index (χ0n) is 8.25. The van der Waals surface area contributed by atoms with Crippen molar-refractivity contribution in [3.8, 4) is 6.07 Å². The van der Waals surface area contributed by atoms with Gasteiger partial charge < -0.3 is 5.11 Å². The summed E-state index contributed by atoms with van der Waals surface area (Å²) in [6, 6.07) is 8.31. The SMILES string of the molecule is Cc1ccc(C2(C#N)CC2)c(CO)c1. The van der Waals surface area contributed by atoms with Gasteiger partial charge in [-0.05, 0) is 30.9 Å². The van der Waals surface area contributed by atoms with Gasteiger partial charge in [0.25, 0.3) is 0 Å². The first-order chi connectivity index (χ1) is 6.72. The van der Waals surface area contributed by atoms with E-state index in [1.807, 2.05) is 25.1 Å². The fourth-order valence-electron chi connectivity index (χ4n) is 1.89. The molecule has 1 saturated carbocycles. The Balaban J connectivity index is 2.49. The van der Waals surface area contributed by atoms with E-state index in [-0.39, 0.29) is 12.0 Å². The Bertz CT molecular complexity index is 399. The Labute approximate surface area is 83.8 Å². The van der Waals surface area contributed by atoms with Crippen LogP contribution >= 0.6 is 0 Å². The van der Waals surface area contributed by atoms with E-state index in [2.05, 4.69) is 6.07 Å². The Morgan fingerprint density at radius 3 is 2.71 bits per heavy atom. The van der Waals surface area contributed by atoms with Gasteiger partial charge in [0.05, 0.1) is 18.1 Å². The molecule has 0 spiro atoms. The maximum atomic E-state index is 9.22. The monoisotopic (exact) mass is 187 g/mol. The Morgan fingerprint density at radius 2 is 2.21 bits per heavy atom. The van der Waals surface area contributed by atoms with Crippen LogP contribution in [-0.4, -0.2) is 5.11 Å². The van der Waals surface area contributed by atoms with Crippen LogP contribution in [0.5, 0.6) is 0 Å². The number of aliphatic hydroxyl groups excluding tert-OH is 1. The fraction of sp³-hybridized carbons (Fsp3) is 0.417. The lowest BCUT2D eigenvalue weighted by Crippen LogP contribution is -2.07. The summed E-state index contributed by atoms with van der Waals surface area (Å²) in [7, 11) is 0.